The second-order valence-electron chi connectivity index (χ2n) is 5.72. The average molecular weight is 361 g/mol. The molecule has 0 bridgehead atoms. The zero-order valence-electron chi connectivity index (χ0n) is 13.2. The molecule has 1 saturated carbocycles. The Morgan fingerprint density at radius 2 is 2.08 bits per heavy atom. The average Bonchev–Trinajstić information content (AvgIpc) is 3.05. The predicted molar refractivity (Wildman–Crippen MR) is 84.7 cm³/mol. The van der Waals surface area contributed by atoms with E-state index in [4.69, 9.17) is 5.73 Å². The molecule has 10 heteroatoms. The summed E-state index contributed by atoms with van der Waals surface area (Å²) in [6.45, 7) is 0.102. The molecule has 1 aromatic carbocycles. The van der Waals surface area contributed by atoms with Crippen molar-refractivity contribution in [2.45, 2.75) is 36.6 Å². The zero-order valence-corrected chi connectivity index (χ0v) is 14.0. The summed E-state index contributed by atoms with van der Waals surface area (Å²) in [5.41, 5.74) is 4.92. The minimum atomic E-state index is -4.14. The molecule has 1 fully saturated rings. The molecule has 24 heavy (non-hydrogen) atoms. The van der Waals surface area contributed by atoms with Gasteiger partial charge in [0.1, 0.15) is 0 Å². The summed E-state index contributed by atoms with van der Waals surface area (Å²) in [5.74, 6) is -1.61. The molecule has 0 aromatic heterocycles. The van der Waals surface area contributed by atoms with Gasteiger partial charge >= 0.3 is 5.69 Å². The van der Waals surface area contributed by atoms with Gasteiger partial charge in [-0.1, -0.05) is 12.8 Å². The number of halogens is 1. The molecular weight excluding hydrogens is 341 g/mol. The summed E-state index contributed by atoms with van der Waals surface area (Å²) in [4.78, 5) is 9.61. The van der Waals surface area contributed by atoms with Crippen LogP contribution < -0.4 is 15.2 Å². The van der Waals surface area contributed by atoms with E-state index in [2.05, 4.69) is 9.46 Å². The van der Waals surface area contributed by atoms with Crippen molar-refractivity contribution in [1.82, 2.24) is 4.72 Å². The number of sulfonamides is 1. The van der Waals surface area contributed by atoms with Crippen molar-refractivity contribution in [3.05, 3.63) is 28.1 Å². The number of methoxy groups -OCH3 is 1. The first kappa shape index (κ1) is 18.6. The van der Waals surface area contributed by atoms with Gasteiger partial charge in [-0.05, 0) is 24.8 Å². The number of nitro groups is 1. The Kier molecular flexibility index (Phi) is 5.73. The largest absolute Gasteiger partial charge is 0.488 e. The van der Waals surface area contributed by atoms with Crippen molar-refractivity contribution in [1.29, 1.82) is 0 Å². The van der Waals surface area contributed by atoms with Gasteiger partial charge in [0.15, 0.2) is 5.82 Å². The number of rotatable bonds is 7. The number of nitro benzene ring substituents is 1. The highest BCUT2D eigenvalue weighted by Gasteiger charge is 2.31. The fourth-order valence-corrected chi connectivity index (χ4v) is 4.36. The lowest BCUT2D eigenvalue weighted by molar-refractivity contribution is -0.386. The molecule has 134 valence electrons. The first-order chi connectivity index (χ1) is 11.3. The van der Waals surface area contributed by atoms with Crippen molar-refractivity contribution in [2.24, 2.45) is 11.7 Å². The Balaban J connectivity index is 2.36. The molecule has 0 saturated heterocycles. The molecule has 1 unspecified atom stereocenters. The maximum absolute atomic E-state index is 14.0. The molecule has 0 radical (unpaired) electrons. The highest BCUT2D eigenvalue weighted by atomic mass is 32.2. The van der Waals surface area contributed by atoms with E-state index in [1.165, 1.54) is 0 Å². The van der Waals surface area contributed by atoms with Gasteiger partial charge in [0.25, 0.3) is 0 Å². The van der Waals surface area contributed by atoms with E-state index in [-0.39, 0.29) is 12.5 Å². The lowest BCUT2D eigenvalue weighted by Gasteiger charge is -2.23. The number of nitrogens with one attached hydrogen (secondary N) is 1. The lowest BCUT2D eigenvalue weighted by Crippen LogP contribution is -2.44. The Morgan fingerprint density at radius 3 is 2.58 bits per heavy atom. The van der Waals surface area contributed by atoms with Crippen LogP contribution in [0, 0.1) is 21.8 Å². The minimum Gasteiger partial charge on any atom is -0.488 e. The first-order valence-corrected chi connectivity index (χ1v) is 9.02. The highest BCUT2D eigenvalue weighted by molar-refractivity contribution is 7.89. The fraction of sp³-hybridized carbons (Fsp3) is 0.571. The third-order valence-corrected chi connectivity index (χ3v) is 5.71. The standard InChI is InChI=1S/C14H20FN3O5S/c1-23-14-11(15)6-10(7-13(14)18(19)20)24(21,22)17-12(8-16)9-4-2-3-5-9/h6-7,9,12,17H,2-5,8,16H2,1H3. The number of nitrogens with zero attached hydrogens (tertiary/aromatic N) is 1. The number of hydrogen-bond acceptors (Lipinski definition) is 6. The summed E-state index contributed by atoms with van der Waals surface area (Å²) < 4.78 is 46.0. The third-order valence-electron chi connectivity index (χ3n) is 4.24. The minimum absolute atomic E-state index is 0.102. The first-order valence-electron chi connectivity index (χ1n) is 7.54. The van der Waals surface area contributed by atoms with Crippen molar-refractivity contribution in [3.8, 4) is 5.75 Å². The van der Waals surface area contributed by atoms with Crippen LogP contribution in [0.2, 0.25) is 0 Å². The summed E-state index contributed by atoms with van der Waals surface area (Å²) >= 11 is 0. The molecule has 0 heterocycles. The van der Waals surface area contributed by atoms with Gasteiger partial charge in [0.2, 0.25) is 15.8 Å². The molecule has 1 aliphatic carbocycles. The van der Waals surface area contributed by atoms with E-state index < -0.39 is 43.1 Å². The maximum Gasteiger partial charge on any atom is 0.315 e. The highest BCUT2D eigenvalue weighted by Crippen LogP contribution is 2.33. The molecule has 1 aromatic rings. The topological polar surface area (TPSA) is 125 Å². The van der Waals surface area contributed by atoms with Crippen LogP contribution in [-0.4, -0.2) is 33.0 Å². The van der Waals surface area contributed by atoms with Crippen LogP contribution in [-0.2, 0) is 10.0 Å². The second-order valence-corrected chi connectivity index (χ2v) is 7.44. The van der Waals surface area contributed by atoms with Crippen LogP contribution in [0.15, 0.2) is 17.0 Å². The smallest absolute Gasteiger partial charge is 0.315 e. The van der Waals surface area contributed by atoms with E-state index >= 15 is 0 Å². The monoisotopic (exact) mass is 361 g/mol. The Labute approximate surface area is 139 Å². The normalized spacial score (nSPS) is 17.0. The van der Waals surface area contributed by atoms with Gasteiger partial charge in [0, 0.05) is 18.7 Å². The van der Waals surface area contributed by atoms with E-state index in [0.29, 0.717) is 6.07 Å². The van der Waals surface area contributed by atoms with Crippen LogP contribution >= 0.6 is 0 Å². The molecule has 0 aliphatic heterocycles. The van der Waals surface area contributed by atoms with E-state index in [0.717, 1.165) is 38.9 Å². The molecule has 8 nitrogen and oxygen atoms in total. The summed E-state index contributed by atoms with van der Waals surface area (Å²) in [6.07, 6.45) is 3.74. The molecule has 1 atom stereocenters. The number of ether oxygens (including phenoxy) is 1. The van der Waals surface area contributed by atoms with Crippen LogP contribution in [0.3, 0.4) is 0 Å². The molecule has 0 amide bonds. The third kappa shape index (κ3) is 3.82. The Morgan fingerprint density at radius 1 is 1.46 bits per heavy atom. The summed E-state index contributed by atoms with van der Waals surface area (Å²) in [5, 5.41) is 11.0. The van der Waals surface area contributed by atoms with Gasteiger partial charge in [-0.3, -0.25) is 10.1 Å². The van der Waals surface area contributed by atoms with Crippen LogP contribution in [0.25, 0.3) is 0 Å². The maximum atomic E-state index is 14.0. The van der Waals surface area contributed by atoms with E-state index in [1.54, 1.807) is 0 Å². The molecule has 3 N–H and O–H groups in total. The van der Waals surface area contributed by atoms with Gasteiger partial charge in [-0.2, -0.15) is 0 Å². The number of hydrogen-bond donors (Lipinski definition) is 2. The fourth-order valence-electron chi connectivity index (χ4n) is 3.01. The van der Waals surface area contributed by atoms with Crippen molar-refractivity contribution < 1.29 is 22.5 Å². The number of benzene rings is 1. The van der Waals surface area contributed by atoms with Gasteiger partial charge < -0.3 is 10.5 Å². The van der Waals surface area contributed by atoms with Crippen LogP contribution in [0.1, 0.15) is 25.7 Å². The van der Waals surface area contributed by atoms with Crippen molar-refractivity contribution >= 4 is 15.7 Å². The zero-order chi connectivity index (χ0) is 17.9. The second kappa shape index (κ2) is 7.41. The molecular formula is C14H20FN3O5S. The molecule has 0 spiro atoms. The van der Waals surface area contributed by atoms with Gasteiger partial charge in [-0.25, -0.2) is 17.5 Å². The van der Waals surface area contributed by atoms with Gasteiger partial charge in [-0.15, -0.1) is 0 Å². The Bertz CT molecular complexity index is 719. The van der Waals surface area contributed by atoms with Crippen LogP contribution in [0.4, 0.5) is 10.1 Å². The quantitative estimate of drug-likeness (QED) is 0.560. The van der Waals surface area contributed by atoms with Crippen molar-refractivity contribution in [3.63, 3.8) is 0 Å². The van der Waals surface area contributed by atoms with Crippen LogP contribution in [0.5, 0.6) is 5.75 Å². The summed E-state index contributed by atoms with van der Waals surface area (Å²) in [6, 6.07) is 1.00. The molecule has 2 rings (SSSR count). The van der Waals surface area contributed by atoms with E-state index in [9.17, 15) is 22.9 Å². The van der Waals surface area contributed by atoms with E-state index in [1.807, 2.05) is 0 Å². The lowest BCUT2D eigenvalue weighted by atomic mass is 9.99. The van der Waals surface area contributed by atoms with Crippen molar-refractivity contribution in [2.75, 3.05) is 13.7 Å². The van der Waals surface area contributed by atoms with Gasteiger partial charge in [0.05, 0.1) is 16.9 Å². The number of nitrogens with two attached hydrogens (primary N) is 1. The summed E-state index contributed by atoms with van der Waals surface area (Å²) in [7, 11) is -3.07. The Hall–Kier alpha value is -1.78. The molecule has 1 aliphatic rings. The predicted octanol–water partition coefficient (Wildman–Crippen LogP) is 1.54. The SMILES string of the molecule is COc1c(F)cc(S(=O)(=O)NC(CN)C2CCCC2)cc1[N+](=O)[O-].